The number of thioether (sulfide) groups is 1. The highest BCUT2D eigenvalue weighted by molar-refractivity contribution is 7.99. The van der Waals surface area contributed by atoms with E-state index >= 15 is 0 Å². The van der Waals surface area contributed by atoms with Gasteiger partial charge in [0.05, 0.1) is 5.75 Å². The van der Waals surface area contributed by atoms with Gasteiger partial charge < -0.3 is 19.7 Å². The van der Waals surface area contributed by atoms with Crippen molar-refractivity contribution in [3.05, 3.63) is 34.6 Å². The SMILES string of the molecule is Cc1ccc(NC(=O)CCc2nnc(SCC(=O)N3CCN(C)CC3)n2C)cc1Cl. The van der Waals surface area contributed by atoms with Gasteiger partial charge in [-0.3, -0.25) is 9.59 Å². The molecule has 1 N–H and O–H groups in total. The fourth-order valence-electron chi connectivity index (χ4n) is 3.08. The number of halogens is 1. The zero-order valence-corrected chi connectivity index (χ0v) is 19.1. The number of carbonyl (C=O) groups excluding carboxylic acids is 2. The number of likely N-dealkylation sites (N-methyl/N-ethyl adjacent to an activating group) is 1. The van der Waals surface area contributed by atoms with Crippen LogP contribution < -0.4 is 5.32 Å². The van der Waals surface area contributed by atoms with Gasteiger partial charge in [-0.1, -0.05) is 29.4 Å². The number of benzene rings is 1. The molecule has 1 aliphatic heterocycles. The predicted molar refractivity (Wildman–Crippen MR) is 119 cm³/mol. The van der Waals surface area contributed by atoms with E-state index in [0.29, 0.717) is 33.9 Å². The molecule has 1 aromatic heterocycles. The number of aryl methyl sites for hydroxylation is 2. The molecule has 10 heteroatoms. The number of amides is 2. The van der Waals surface area contributed by atoms with Crippen molar-refractivity contribution in [2.75, 3.05) is 44.3 Å². The minimum absolute atomic E-state index is 0.114. The summed E-state index contributed by atoms with van der Waals surface area (Å²) in [5, 5.41) is 12.5. The molecule has 0 radical (unpaired) electrons. The van der Waals surface area contributed by atoms with Crippen LogP contribution >= 0.6 is 23.4 Å². The van der Waals surface area contributed by atoms with Gasteiger partial charge in [-0.25, -0.2) is 0 Å². The number of hydrogen-bond donors (Lipinski definition) is 1. The average molecular weight is 451 g/mol. The molecule has 1 saturated heterocycles. The largest absolute Gasteiger partial charge is 0.339 e. The van der Waals surface area contributed by atoms with Gasteiger partial charge in [-0.2, -0.15) is 0 Å². The summed E-state index contributed by atoms with van der Waals surface area (Å²) in [7, 11) is 3.92. The standard InChI is InChI=1S/C20H27ClN6O2S/c1-14-4-5-15(12-16(14)21)22-18(28)7-6-17-23-24-20(26(17)3)30-13-19(29)27-10-8-25(2)9-11-27/h4-5,12H,6-11,13H2,1-3H3,(H,22,28). The first-order valence-electron chi connectivity index (χ1n) is 9.87. The highest BCUT2D eigenvalue weighted by Gasteiger charge is 2.20. The Balaban J connectivity index is 1.47. The Kier molecular flexibility index (Phi) is 7.74. The number of piperazine rings is 1. The third-order valence-electron chi connectivity index (χ3n) is 5.14. The number of nitrogens with zero attached hydrogens (tertiary/aromatic N) is 5. The van der Waals surface area contributed by atoms with Crippen LogP contribution in [0.4, 0.5) is 5.69 Å². The Labute approximate surface area is 186 Å². The highest BCUT2D eigenvalue weighted by Crippen LogP contribution is 2.21. The van der Waals surface area contributed by atoms with Crippen LogP contribution in [0.2, 0.25) is 5.02 Å². The van der Waals surface area contributed by atoms with Crippen molar-refractivity contribution in [2.24, 2.45) is 7.05 Å². The topological polar surface area (TPSA) is 83.4 Å². The molecule has 0 aliphatic carbocycles. The molecule has 2 heterocycles. The summed E-state index contributed by atoms with van der Waals surface area (Å²) in [5.41, 5.74) is 1.64. The molecule has 2 aromatic rings. The summed E-state index contributed by atoms with van der Waals surface area (Å²) in [5.74, 6) is 1.05. The molecule has 3 rings (SSSR count). The quantitative estimate of drug-likeness (QED) is 0.651. The van der Waals surface area contributed by atoms with E-state index < -0.39 is 0 Å². The second-order valence-electron chi connectivity index (χ2n) is 7.44. The molecule has 30 heavy (non-hydrogen) atoms. The molecule has 0 bridgehead atoms. The third kappa shape index (κ3) is 5.96. The molecule has 162 valence electrons. The normalized spacial score (nSPS) is 14.7. The monoisotopic (exact) mass is 450 g/mol. The Morgan fingerprint density at radius 3 is 2.60 bits per heavy atom. The van der Waals surface area contributed by atoms with Crippen molar-refractivity contribution in [3.63, 3.8) is 0 Å². The van der Waals surface area contributed by atoms with Crippen LogP contribution in [-0.2, 0) is 23.1 Å². The lowest BCUT2D eigenvalue weighted by Gasteiger charge is -2.32. The Morgan fingerprint density at radius 1 is 1.17 bits per heavy atom. The molecule has 0 saturated carbocycles. The fourth-order valence-corrected chi connectivity index (χ4v) is 4.09. The number of nitrogens with one attached hydrogen (secondary N) is 1. The summed E-state index contributed by atoms with van der Waals surface area (Å²) in [6.45, 7) is 5.25. The van der Waals surface area contributed by atoms with E-state index in [2.05, 4.69) is 27.5 Å². The van der Waals surface area contributed by atoms with Crippen LogP contribution in [0.3, 0.4) is 0 Å². The van der Waals surface area contributed by atoms with Crippen LogP contribution in [0.15, 0.2) is 23.4 Å². The van der Waals surface area contributed by atoms with Gasteiger partial charge in [0.2, 0.25) is 11.8 Å². The number of rotatable bonds is 7. The summed E-state index contributed by atoms with van der Waals surface area (Å²) < 4.78 is 1.85. The second kappa shape index (κ2) is 10.3. The van der Waals surface area contributed by atoms with Gasteiger partial charge in [0.25, 0.3) is 0 Å². The van der Waals surface area contributed by atoms with E-state index in [1.54, 1.807) is 6.07 Å². The molecule has 0 spiro atoms. The third-order valence-corrected chi connectivity index (χ3v) is 6.55. The van der Waals surface area contributed by atoms with E-state index in [0.717, 1.165) is 31.7 Å². The Bertz CT molecular complexity index is 911. The zero-order valence-electron chi connectivity index (χ0n) is 17.5. The first-order chi connectivity index (χ1) is 14.3. The molecule has 1 fully saturated rings. The molecular formula is C20H27ClN6O2S. The van der Waals surface area contributed by atoms with Crippen molar-refractivity contribution in [1.82, 2.24) is 24.6 Å². The lowest BCUT2D eigenvalue weighted by molar-refractivity contribution is -0.129. The lowest BCUT2D eigenvalue weighted by atomic mass is 10.2. The summed E-state index contributed by atoms with van der Waals surface area (Å²) >= 11 is 7.48. The van der Waals surface area contributed by atoms with E-state index in [1.165, 1.54) is 11.8 Å². The number of aromatic nitrogens is 3. The first kappa shape index (κ1) is 22.6. The van der Waals surface area contributed by atoms with Crippen LogP contribution in [0.1, 0.15) is 17.8 Å². The number of hydrogen-bond acceptors (Lipinski definition) is 6. The van der Waals surface area contributed by atoms with Gasteiger partial charge in [0, 0.05) is 56.8 Å². The van der Waals surface area contributed by atoms with Crippen molar-refractivity contribution in [1.29, 1.82) is 0 Å². The van der Waals surface area contributed by atoms with Gasteiger partial charge in [-0.15, -0.1) is 10.2 Å². The highest BCUT2D eigenvalue weighted by atomic mass is 35.5. The summed E-state index contributed by atoms with van der Waals surface area (Å²) in [4.78, 5) is 28.8. The van der Waals surface area contributed by atoms with Crippen LogP contribution in [0.5, 0.6) is 0 Å². The van der Waals surface area contributed by atoms with Gasteiger partial charge in [0.15, 0.2) is 5.16 Å². The first-order valence-corrected chi connectivity index (χ1v) is 11.2. The Morgan fingerprint density at radius 2 is 1.90 bits per heavy atom. The minimum atomic E-state index is -0.114. The molecule has 0 unspecified atom stereocenters. The van der Waals surface area contributed by atoms with Gasteiger partial charge in [-0.05, 0) is 31.7 Å². The van der Waals surface area contributed by atoms with E-state index in [1.807, 2.05) is 35.6 Å². The molecule has 8 nitrogen and oxygen atoms in total. The molecule has 2 amide bonds. The maximum absolute atomic E-state index is 12.4. The number of anilines is 1. The van der Waals surface area contributed by atoms with Crippen molar-refractivity contribution in [3.8, 4) is 0 Å². The predicted octanol–water partition coefficient (Wildman–Crippen LogP) is 2.21. The molecule has 1 aliphatic rings. The van der Waals surface area contributed by atoms with Crippen LogP contribution in [0, 0.1) is 6.92 Å². The van der Waals surface area contributed by atoms with Crippen molar-refractivity contribution >= 4 is 40.9 Å². The van der Waals surface area contributed by atoms with E-state index in [4.69, 9.17) is 11.6 Å². The molecular weight excluding hydrogens is 424 g/mol. The van der Waals surface area contributed by atoms with Gasteiger partial charge >= 0.3 is 0 Å². The molecule has 1 aromatic carbocycles. The van der Waals surface area contributed by atoms with E-state index in [-0.39, 0.29) is 18.2 Å². The van der Waals surface area contributed by atoms with Crippen molar-refractivity contribution < 1.29 is 9.59 Å². The second-order valence-corrected chi connectivity index (χ2v) is 8.79. The smallest absolute Gasteiger partial charge is 0.233 e. The Hall–Kier alpha value is -2.10. The van der Waals surface area contributed by atoms with Gasteiger partial charge in [0.1, 0.15) is 5.82 Å². The fraction of sp³-hybridized carbons (Fsp3) is 0.500. The molecule has 0 atom stereocenters. The van der Waals surface area contributed by atoms with Crippen molar-refractivity contribution in [2.45, 2.75) is 24.9 Å². The van der Waals surface area contributed by atoms with Crippen LogP contribution in [-0.4, -0.2) is 75.4 Å². The lowest BCUT2D eigenvalue weighted by Crippen LogP contribution is -2.47. The maximum Gasteiger partial charge on any atom is 0.233 e. The summed E-state index contributed by atoms with van der Waals surface area (Å²) in [6, 6.07) is 5.43. The maximum atomic E-state index is 12.4. The zero-order chi connectivity index (χ0) is 21.7. The summed E-state index contributed by atoms with van der Waals surface area (Å²) in [6.07, 6.45) is 0.740. The average Bonchev–Trinajstić information content (AvgIpc) is 3.07. The van der Waals surface area contributed by atoms with E-state index in [9.17, 15) is 9.59 Å². The van der Waals surface area contributed by atoms with Crippen LogP contribution in [0.25, 0.3) is 0 Å². The minimum Gasteiger partial charge on any atom is -0.339 e. The number of carbonyl (C=O) groups is 2.